The van der Waals surface area contributed by atoms with E-state index in [-0.39, 0.29) is 0 Å². The third-order valence-electron chi connectivity index (χ3n) is 2.31. The molecule has 1 aliphatic carbocycles. The third kappa shape index (κ3) is 1.55. The van der Waals surface area contributed by atoms with E-state index < -0.39 is 0 Å². The second-order valence-electron chi connectivity index (χ2n) is 3.18. The third-order valence-corrected chi connectivity index (χ3v) is 2.31. The van der Waals surface area contributed by atoms with Crippen molar-refractivity contribution in [1.82, 2.24) is 0 Å². The van der Waals surface area contributed by atoms with Gasteiger partial charge in [0.1, 0.15) is 0 Å². The van der Waals surface area contributed by atoms with E-state index in [1.165, 1.54) is 11.1 Å². The zero-order valence-corrected chi connectivity index (χ0v) is 7.83. The summed E-state index contributed by atoms with van der Waals surface area (Å²) >= 11 is 0. The first-order chi connectivity index (χ1) is 6.42. The highest BCUT2D eigenvalue weighted by molar-refractivity contribution is 5.72. The topological polar surface area (TPSA) is 12.4 Å². The van der Waals surface area contributed by atoms with E-state index in [0.29, 0.717) is 0 Å². The normalized spacial score (nSPS) is 14.8. The molecule has 0 atom stereocenters. The summed E-state index contributed by atoms with van der Waals surface area (Å²) in [5.41, 5.74) is 3.81. The lowest BCUT2D eigenvalue weighted by Crippen LogP contribution is -1.93. The van der Waals surface area contributed by atoms with Gasteiger partial charge in [-0.05, 0) is 31.4 Å². The van der Waals surface area contributed by atoms with E-state index in [1.54, 1.807) is 0 Å². The molecule has 1 aliphatic rings. The fourth-order valence-electron chi connectivity index (χ4n) is 1.70. The molecule has 0 radical (unpaired) electrons. The molecule has 66 valence electrons. The predicted molar refractivity (Wildman–Crippen MR) is 57.6 cm³/mol. The Morgan fingerprint density at radius 1 is 1.38 bits per heavy atom. The Morgan fingerprint density at radius 2 is 2.31 bits per heavy atom. The maximum absolute atomic E-state index is 4.34. The Hall–Kier alpha value is -1.37. The van der Waals surface area contributed by atoms with E-state index in [1.807, 2.05) is 13.1 Å². The number of rotatable bonds is 1. The number of benzene rings is 1. The van der Waals surface area contributed by atoms with E-state index in [9.17, 15) is 0 Å². The molecule has 0 unspecified atom stereocenters. The Kier molecular flexibility index (Phi) is 2.26. The number of aliphatic imine (C=N–C) groups is 1. The van der Waals surface area contributed by atoms with Crippen molar-refractivity contribution < 1.29 is 0 Å². The van der Waals surface area contributed by atoms with Crippen LogP contribution in [0, 0.1) is 0 Å². The van der Waals surface area contributed by atoms with Crippen LogP contribution in [0.3, 0.4) is 0 Å². The van der Waals surface area contributed by atoms with Crippen molar-refractivity contribution in [3.05, 3.63) is 35.4 Å². The van der Waals surface area contributed by atoms with Crippen molar-refractivity contribution in [3.8, 4) is 0 Å². The van der Waals surface area contributed by atoms with Gasteiger partial charge in [-0.25, -0.2) is 0 Å². The van der Waals surface area contributed by atoms with E-state index in [4.69, 9.17) is 0 Å². The van der Waals surface area contributed by atoms with Crippen LogP contribution in [0.25, 0.3) is 6.08 Å². The zero-order chi connectivity index (χ0) is 9.10. The smallest absolute Gasteiger partial charge is 0.0700 e. The SMILES string of the molecule is CC=Nc1cccc2c1C=CCC2. The molecule has 1 nitrogen and oxygen atoms in total. The van der Waals surface area contributed by atoms with Crippen LogP contribution in [0.1, 0.15) is 24.5 Å². The van der Waals surface area contributed by atoms with Crippen LogP contribution in [0.15, 0.2) is 29.3 Å². The zero-order valence-electron chi connectivity index (χ0n) is 7.83. The molecule has 2 rings (SSSR count). The molecule has 1 aromatic rings. The summed E-state index contributed by atoms with van der Waals surface area (Å²) < 4.78 is 0. The van der Waals surface area contributed by atoms with Gasteiger partial charge >= 0.3 is 0 Å². The summed E-state index contributed by atoms with van der Waals surface area (Å²) in [5, 5.41) is 0. The molecule has 0 heterocycles. The Morgan fingerprint density at radius 3 is 3.15 bits per heavy atom. The summed E-state index contributed by atoms with van der Waals surface area (Å²) in [6, 6.07) is 6.34. The minimum absolute atomic E-state index is 1.09. The van der Waals surface area contributed by atoms with Gasteiger partial charge < -0.3 is 0 Å². The lowest BCUT2D eigenvalue weighted by atomic mass is 9.96. The fourth-order valence-corrected chi connectivity index (χ4v) is 1.70. The van der Waals surface area contributed by atoms with Gasteiger partial charge in [0.05, 0.1) is 5.69 Å². The first-order valence-electron chi connectivity index (χ1n) is 4.69. The van der Waals surface area contributed by atoms with Crippen LogP contribution < -0.4 is 0 Å². The van der Waals surface area contributed by atoms with Crippen LogP contribution in [0.2, 0.25) is 0 Å². The summed E-state index contributed by atoms with van der Waals surface area (Å²) in [6.45, 7) is 1.95. The number of hydrogen-bond acceptors (Lipinski definition) is 1. The van der Waals surface area contributed by atoms with E-state index >= 15 is 0 Å². The van der Waals surface area contributed by atoms with Gasteiger partial charge in [0.25, 0.3) is 0 Å². The van der Waals surface area contributed by atoms with Gasteiger partial charge in [-0.3, -0.25) is 4.99 Å². The molecule has 13 heavy (non-hydrogen) atoms. The average Bonchev–Trinajstić information content (AvgIpc) is 2.19. The molecule has 0 aliphatic heterocycles. The van der Waals surface area contributed by atoms with Crippen LogP contribution in [-0.4, -0.2) is 6.21 Å². The Bertz CT molecular complexity index is 361. The minimum Gasteiger partial charge on any atom is -0.261 e. The molecular weight excluding hydrogens is 158 g/mol. The predicted octanol–water partition coefficient (Wildman–Crippen LogP) is 3.37. The lowest BCUT2D eigenvalue weighted by Gasteiger charge is -2.11. The van der Waals surface area contributed by atoms with Crippen molar-refractivity contribution in [1.29, 1.82) is 0 Å². The van der Waals surface area contributed by atoms with Crippen molar-refractivity contribution in [2.75, 3.05) is 0 Å². The summed E-state index contributed by atoms with van der Waals surface area (Å²) in [5.74, 6) is 0. The first kappa shape index (κ1) is 8.24. The molecule has 0 amide bonds. The number of nitrogens with zero attached hydrogens (tertiary/aromatic N) is 1. The van der Waals surface area contributed by atoms with Crippen molar-refractivity contribution in [2.24, 2.45) is 4.99 Å². The van der Waals surface area contributed by atoms with Gasteiger partial charge in [-0.15, -0.1) is 0 Å². The minimum atomic E-state index is 1.09. The Labute approximate surface area is 78.8 Å². The van der Waals surface area contributed by atoms with Gasteiger partial charge in [-0.2, -0.15) is 0 Å². The van der Waals surface area contributed by atoms with Crippen molar-refractivity contribution >= 4 is 18.0 Å². The van der Waals surface area contributed by atoms with Crippen LogP contribution in [-0.2, 0) is 6.42 Å². The van der Waals surface area contributed by atoms with Crippen LogP contribution >= 0.6 is 0 Å². The number of fused-ring (bicyclic) bond motifs is 1. The van der Waals surface area contributed by atoms with Gasteiger partial charge in [0.15, 0.2) is 0 Å². The molecule has 0 aromatic heterocycles. The maximum atomic E-state index is 4.34. The quantitative estimate of drug-likeness (QED) is 0.574. The molecular formula is C12H13N. The molecule has 0 saturated carbocycles. The van der Waals surface area contributed by atoms with Gasteiger partial charge in [0, 0.05) is 11.8 Å². The number of hydrogen-bond donors (Lipinski definition) is 0. The highest BCUT2D eigenvalue weighted by atomic mass is 14.7. The summed E-state index contributed by atoms with van der Waals surface area (Å²) in [7, 11) is 0. The largest absolute Gasteiger partial charge is 0.261 e. The second-order valence-corrected chi connectivity index (χ2v) is 3.18. The second kappa shape index (κ2) is 3.56. The fraction of sp³-hybridized carbons (Fsp3) is 0.250. The Balaban J connectivity index is 2.54. The van der Waals surface area contributed by atoms with Crippen molar-refractivity contribution in [2.45, 2.75) is 19.8 Å². The summed E-state index contributed by atoms with van der Waals surface area (Å²) in [6.07, 6.45) is 8.56. The van der Waals surface area contributed by atoms with Crippen LogP contribution in [0.5, 0.6) is 0 Å². The lowest BCUT2D eigenvalue weighted by molar-refractivity contribution is 0.985. The number of aryl methyl sites for hydroxylation is 1. The van der Waals surface area contributed by atoms with Gasteiger partial charge in [0.2, 0.25) is 0 Å². The molecule has 1 heteroatoms. The summed E-state index contributed by atoms with van der Waals surface area (Å²) in [4.78, 5) is 4.34. The average molecular weight is 171 g/mol. The standard InChI is InChI=1S/C12H13N/c1-2-13-12-9-5-7-10-6-3-4-8-11(10)12/h2,4-5,7-9H,3,6H2,1H3. The monoisotopic (exact) mass is 171 g/mol. The van der Waals surface area contributed by atoms with Gasteiger partial charge in [-0.1, -0.05) is 24.3 Å². The first-order valence-corrected chi connectivity index (χ1v) is 4.69. The van der Waals surface area contributed by atoms with E-state index in [2.05, 4.69) is 35.3 Å². The highest BCUT2D eigenvalue weighted by Crippen LogP contribution is 2.28. The highest BCUT2D eigenvalue weighted by Gasteiger charge is 2.06. The number of allylic oxidation sites excluding steroid dienone is 1. The molecule has 0 N–H and O–H groups in total. The van der Waals surface area contributed by atoms with E-state index in [0.717, 1.165) is 18.5 Å². The molecule has 0 bridgehead atoms. The molecule has 0 saturated heterocycles. The van der Waals surface area contributed by atoms with Crippen LogP contribution in [0.4, 0.5) is 5.69 Å². The van der Waals surface area contributed by atoms with Crippen molar-refractivity contribution in [3.63, 3.8) is 0 Å². The molecule has 0 spiro atoms. The molecule has 0 fully saturated rings. The molecule has 1 aromatic carbocycles. The maximum Gasteiger partial charge on any atom is 0.0700 e.